The van der Waals surface area contributed by atoms with Gasteiger partial charge in [0.1, 0.15) is 0 Å². The second-order valence-electron chi connectivity index (χ2n) is 7.35. The number of ether oxygens (including phenoxy) is 4. The molecule has 3 atom stereocenters. The van der Waals surface area contributed by atoms with Crippen LogP contribution in [-0.2, 0) is 6.42 Å². The molecule has 5 rings (SSSR count). The first-order chi connectivity index (χ1) is 13.0. The summed E-state index contributed by atoms with van der Waals surface area (Å²) >= 11 is 0. The molecule has 27 heavy (non-hydrogen) atoms. The van der Waals surface area contributed by atoms with Gasteiger partial charge < -0.3 is 18.9 Å². The van der Waals surface area contributed by atoms with Crippen molar-refractivity contribution in [1.29, 1.82) is 0 Å². The van der Waals surface area contributed by atoms with Crippen LogP contribution in [0.25, 0.3) is 0 Å². The third-order valence-corrected chi connectivity index (χ3v) is 6.29. The summed E-state index contributed by atoms with van der Waals surface area (Å²) in [4.78, 5) is 2.47. The van der Waals surface area contributed by atoms with Gasteiger partial charge in [0.2, 0.25) is 0 Å². The quantitative estimate of drug-likeness (QED) is 0.820. The number of hydrogen-bond acceptors (Lipinski definition) is 5. The molecule has 3 unspecified atom stereocenters. The van der Waals surface area contributed by atoms with Crippen molar-refractivity contribution in [2.45, 2.75) is 31.3 Å². The lowest BCUT2D eigenvalue weighted by molar-refractivity contribution is 0.159. The molecule has 0 radical (unpaired) electrons. The molecular weight excluding hydrogens is 342 g/mol. The summed E-state index contributed by atoms with van der Waals surface area (Å²) in [6.07, 6.45) is 0.926. The topological polar surface area (TPSA) is 40.2 Å². The molecule has 0 aromatic heterocycles. The van der Waals surface area contributed by atoms with E-state index in [0.717, 1.165) is 29.4 Å². The highest BCUT2D eigenvalue weighted by molar-refractivity contribution is 5.59. The minimum atomic E-state index is 0.235. The van der Waals surface area contributed by atoms with E-state index >= 15 is 0 Å². The Morgan fingerprint density at radius 2 is 1.22 bits per heavy atom. The largest absolute Gasteiger partial charge is 0.493 e. The van der Waals surface area contributed by atoms with Crippen molar-refractivity contribution in [3.8, 4) is 23.0 Å². The molecule has 5 heteroatoms. The summed E-state index contributed by atoms with van der Waals surface area (Å²) in [5, 5.41) is 0. The molecule has 0 saturated carbocycles. The van der Waals surface area contributed by atoms with Gasteiger partial charge in [0.05, 0.1) is 28.4 Å². The molecule has 0 fully saturated rings. The predicted molar refractivity (Wildman–Crippen MR) is 105 cm³/mol. The molecule has 2 aromatic rings. The predicted octanol–water partition coefficient (Wildman–Crippen LogP) is 3.78. The van der Waals surface area contributed by atoms with Crippen LogP contribution in [0, 0.1) is 0 Å². The van der Waals surface area contributed by atoms with Gasteiger partial charge in [0.15, 0.2) is 23.0 Å². The van der Waals surface area contributed by atoms with E-state index in [1.807, 2.05) is 0 Å². The smallest absolute Gasteiger partial charge is 0.161 e. The molecule has 2 heterocycles. The van der Waals surface area contributed by atoms with Crippen LogP contribution in [-0.4, -0.2) is 46.4 Å². The number of methoxy groups -OCH3 is 4. The minimum absolute atomic E-state index is 0.235. The maximum absolute atomic E-state index is 5.60. The van der Waals surface area contributed by atoms with Gasteiger partial charge in [-0.3, -0.25) is 4.90 Å². The summed E-state index contributed by atoms with van der Waals surface area (Å²) < 4.78 is 22.3. The first kappa shape index (κ1) is 18.0. The number of fused-ring (bicyclic) bond motifs is 1. The second-order valence-corrected chi connectivity index (χ2v) is 7.35. The van der Waals surface area contributed by atoms with Crippen LogP contribution in [0.1, 0.15) is 41.1 Å². The SMILES string of the molecule is COc1cc2c(cc1OC)C1c3cc(OC)c(OC)cc3C(C2)N(C)C1C. The minimum Gasteiger partial charge on any atom is -0.493 e. The molecule has 1 aliphatic carbocycles. The molecule has 2 aromatic carbocycles. The first-order valence-electron chi connectivity index (χ1n) is 9.26. The fourth-order valence-corrected chi connectivity index (χ4v) is 4.76. The van der Waals surface area contributed by atoms with Gasteiger partial charge in [0, 0.05) is 18.0 Å². The third-order valence-electron chi connectivity index (χ3n) is 6.29. The summed E-state index contributed by atoms with van der Waals surface area (Å²) in [5.41, 5.74) is 5.25. The Hall–Kier alpha value is -2.40. The summed E-state index contributed by atoms with van der Waals surface area (Å²) in [6.45, 7) is 2.29. The molecule has 5 nitrogen and oxygen atoms in total. The number of benzene rings is 2. The number of likely N-dealkylation sites (N-methyl/N-ethyl adjacent to an activating group) is 1. The van der Waals surface area contributed by atoms with Crippen LogP contribution in [0.2, 0.25) is 0 Å². The number of hydrogen-bond donors (Lipinski definition) is 0. The van der Waals surface area contributed by atoms with Crippen molar-refractivity contribution < 1.29 is 18.9 Å². The maximum atomic E-state index is 5.60. The van der Waals surface area contributed by atoms with E-state index in [2.05, 4.69) is 43.1 Å². The molecule has 2 aliphatic heterocycles. The van der Waals surface area contributed by atoms with Crippen molar-refractivity contribution in [2.75, 3.05) is 35.5 Å². The lowest BCUT2D eigenvalue weighted by atomic mass is 9.79. The lowest BCUT2D eigenvalue weighted by Gasteiger charge is -2.42. The van der Waals surface area contributed by atoms with E-state index < -0.39 is 0 Å². The van der Waals surface area contributed by atoms with Crippen LogP contribution in [0.3, 0.4) is 0 Å². The summed E-state index contributed by atoms with van der Waals surface area (Å²) in [6, 6.07) is 9.23. The van der Waals surface area contributed by atoms with Gasteiger partial charge in [-0.25, -0.2) is 0 Å². The Kier molecular flexibility index (Phi) is 4.42. The van der Waals surface area contributed by atoms with Gasteiger partial charge >= 0.3 is 0 Å². The van der Waals surface area contributed by atoms with Crippen LogP contribution in [0.5, 0.6) is 23.0 Å². The summed E-state index contributed by atoms with van der Waals surface area (Å²) in [7, 11) is 8.97. The Morgan fingerprint density at radius 3 is 1.78 bits per heavy atom. The highest BCUT2D eigenvalue weighted by Gasteiger charge is 2.43. The average molecular weight is 369 g/mol. The van der Waals surface area contributed by atoms with E-state index in [1.54, 1.807) is 28.4 Å². The highest BCUT2D eigenvalue weighted by atomic mass is 16.5. The number of nitrogens with zero attached hydrogens (tertiary/aromatic N) is 1. The Balaban J connectivity index is 1.98. The monoisotopic (exact) mass is 369 g/mol. The Labute approximate surface area is 160 Å². The van der Waals surface area contributed by atoms with Gasteiger partial charge in [-0.2, -0.15) is 0 Å². The van der Waals surface area contributed by atoms with E-state index in [-0.39, 0.29) is 12.0 Å². The zero-order chi connectivity index (χ0) is 19.3. The average Bonchev–Trinajstić information content (AvgIpc) is 2.89. The first-order valence-corrected chi connectivity index (χ1v) is 9.26. The van der Waals surface area contributed by atoms with E-state index in [4.69, 9.17) is 18.9 Å². The molecule has 0 amide bonds. The van der Waals surface area contributed by atoms with Crippen LogP contribution >= 0.6 is 0 Å². The molecule has 3 aliphatic rings. The van der Waals surface area contributed by atoms with Crippen molar-refractivity contribution in [3.05, 3.63) is 46.5 Å². The molecule has 0 N–H and O–H groups in total. The zero-order valence-electron chi connectivity index (χ0n) is 16.8. The van der Waals surface area contributed by atoms with Gasteiger partial charge in [-0.1, -0.05) is 0 Å². The van der Waals surface area contributed by atoms with E-state index in [0.29, 0.717) is 6.04 Å². The zero-order valence-corrected chi connectivity index (χ0v) is 16.8. The van der Waals surface area contributed by atoms with Crippen molar-refractivity contribution >= 4 is 0 Å². The Morgan fingerprint density at radius 1 is 0.741 bits per heavy atom. The normalized spacial score (nSPS) is 23.3. The fourth-order valence-electron chi connectivity index (χ4n) is 4.76. The number of rotatable bonds is 4. The lowest BCUT2D eigenvalue weighted by Crippen LogP contribution is -2.41. The maximum Gasteiger partial charge on any atom is 0.161 e. The summed E-state index contributed by atoms with van der Waals surface area (Å²) in [5.74, 6) is 3.36. The van der Waals surface area contributed by atoms with Gasteiger partial charge in [0.25, 0.3) is 0 Å². The Bertz CT molecular complexity index is 879. The van der Waals surface area contributed by atoms with Gasteiger partial charge in [-0.05, 0) is 66.9 Å². The fraction of sp³-hybridized carbons (Fsp3) is 0.455. The van der Waals surface area contributed by atoms with Crippen molar-refractivity contribution in [3.63, 3.8) is 0 Å². The van der Waals surface area contributed by atoms with E-state index in [9.17, 15) is 0 Å². The standard InChI is InChI=1S/C22H27NO4/c1-12-22-14-9-19(25-4)18(24-3)8-13(14)7-17(23(12)2)15-10-20(26-5)21(27-6)11-16(15)22/h8-12,17,22H,7H2,1-6H3. The van der Waals surface area contributed by atoms with Crippen LogP contribution in [0.4, 0.5) is 0 Å². The molecule has 0 spiro atoms. The molecule has 144 valence electrons. The highest BCUT2D eigenvalue weighted by Crippen LogP contribution is 2.52. The van der Waals surface area contributed by atoms with Gasteiger partial charge in [-0.15, -0.1) is 0 Å². The van der Waals surface area contributed by atoms with Crippen molar-refractivity contribution in [1.82, 2.24) is 4.90 Å². The second kappa shape index (κ2) is 6.64. The molecule has 2 bridgehead atoms. The van der Waals surface area contributed by atoms with E-state index in [1.165, 1.54) is 22.3 Å². The third kappa shape index (κ3) is 2.56. The molecular formula is C22H27NO4. The van der Waals surface area contributed by atoms with Crippen LogP contribution < -0.4 is 18.9 Å². The molecule has 0 saturated heterocycles. The van der Waals surface area contributed by atoms with Crippen LogP contribution in [0.15, 0.2) is 24.3 Å². The van der Waals surface area contributed by atoms with Crippen molar-refractivity contribution in [2.24, 2.45) is 0 Å².